The number of benzene rings is 2. The molecule has 0 fully saturated rings. The lowest BCUT2D eigenvalue weighted by atomic mass is 10.1. The third-order valence-electron chi connectivity index (χ3n) is 4.08. The number of urea groups is 1. The molecule has 0 aliphatic carbocycles. The van der Waals surface area contributed by atoms with Gasteiger partial charge in [0.2, 0.25) is 0 Å². The molecule has 2 N–H and O–H groups in total. The molecule has 3 aromatic rings. The van der Waals surface area contributed by atoms with E-state index < -0.39 is 0 Å². The zero-order valence-electron chi connectivity index (χ0n) is 14.6. The standard InChI is InChI=1S/C20H21FN4O/c1-15-7-8-19(21)9-18(15)12-23-20(26)22-10-17-11-24-25(14-17)13-16-5-3-2-4-6-16/h2-9,11,14H,10,12-13H2,1H3,(H2,22,23,26). The van der Waals surface area contributed by atoms with Crippen molar-refractivity contribution in [2.75, 3.05) is 0 Å². The van der Waals surface area contributed by atoms with Crippen LogP contribution in [0.3, 0.4) is 0 Å². The van der Waals surface area contributed by atoms with Gasteiger partial charge in [0.1, 0.15) is 5.82 Å². The van der Waals surface area contributed by atoms with E-state index in [0.29, 0.717) is 13.1 Å². The molecule has 0 saturated heterocycles. The molecule has 0 bridgehead atoms. The van der Waals surface area contributed by atoms with Crippen molar-refractivity contribution in [3.05, 3.63) is 89.0 Å². The van der Waals surface area contributed by atoms with Gasteiger partial charge in [-0.15, -0.1) is 0 Å². The van der Waals surface area contributed by atoms with Gasteiger partial charge >= 0.3 is 6.03 Å². The Hall–Kier alpha value is -3.15. The molecule has 1 heterocycles. The Kier molecular flexibility index (Phi) is 5.63. The number of hydrogen-bond donors (Lipinski definition) is 2. The van der Waals surface area contributed by atoms with Crippen molar-refractivity contribution >= 4 is 6.03 Å². The summed E-state index contributed by atoms with van der Waals surface area (Å²) in [5, 5.41) is 9.83. The van der Waals surface area contributed by atoms with Gasteiger partial charge in [-0.3, -0.25) is 4.68 Å². The summed E-state index contributed by atoms with van der Waals surface area (Å²) < 4.78 is 15.1. The predicted octanol–water partition coefficient (Wildman–Crippen LogP) is 3.38. The van der Waals surface area contributed by atoms with Crippen LogP contribution in [0.1, 0.15) is 22.3 Å². The molecular weight excluding hydrogens is 331 g/mol. The number of hydrogen-bond acceptors (Lipinski definition) is 2. The summed E-state index contributed by atoms with van der Waals surface area (Å²) in [4.78, 5) is 11.9. The van der Waals surface area contributed by atoms with Crippen molar-refractivity contribution in [1.29, 1.82) is 0 Å². The molecule has 3 rings (SSSR count). The van der Waals surface area contributed by atoms with E-state index in [0.717, 1.165) is 16.7 Å². The van der Waals surface area contributed by atoms with Crippen LogP contribution < -0.4 is 10.6 Å². The van der Waals surface area contributed by atoms with Gasteiger partial charge in [-0.05, 0) is 35.7 Å². The lowest BCUT2D eigenvalue weighted by Crippen LogP contribution is -2.34. The van der Waals surface area contributed by atoms with E-state index in [-0.39, 0.29) is 18.4 Å². The summed E-state index contributed by atoms with van der Waals surface area (Å²) in [6.45, 7) is 3.23. The van der Waals surface area contributed by atoms with Crippen LogP contribution in [0, 0.1) is 12.7 Å². The second-order valence-corrected chi connectivity index (χ2v) is 6.14. The first-order valence-electron chi connectivity index (χ1n) is 8.42. The fourth-order valence-electron chi connectivity index (χ4n) is 2.61. The van der Waals surface area contributed by atoms with Crippen LogP contribution in [0.25, 0.3) is 0 Å². The van der Waals surface area contributed by atoms with Gasteiger partial charge in [-0.2, -0.15) is 5.10 Å². The van der Waals surface area contributed by atoms with E-state index in [4.69, 9.17) is 0 Å². The van der Waals surface area contributed by atoms with Gasteiger partial charge in [0.05, 0.1) is 12.7 Å². The SMILES string of the molecule is Cc1ccc(F)cc1CNC(=O)NCc1cnn(Cc2ccccc2)c1. The third kappa shape index (κ3) is 4.92. The van der Waals surface area contributed by atoms with Gasteiger partial charge in [0, 0.05) is 24.8 Å². The fourth-order valence-corrected chi connectivity index (χ4v) is 2.61. The normalized spacial score (nSPS) is 10.5. The number of aromatic nitrogens is 2. The Morgan fingerprint density at radius 1 is 1.08 bits per heavy atom. The van der Waals surface area contributed by atoms with Crippen LogP contribution in [0.5, 0.6) is 0 Å². The van der Waals surface area contributed by atoms with E-state index in [1.54, 1.807) is 12.3 Å². The molecule has 0 atom stereocenters. The number of carbonyl (C=O) groups is 1. The van der Waals surface area contributed by atoms with Crippen molar-refractivity contribution in [3.63, 3.8) is 0 Å². The second-order valence-electron chi connectivity index (χ2n) is 6.14. The lowest BCUT2D eigenvalue weighted by Gasteiger charge is -2.09. The highest BCUT2D eigenvalue weighted by Gasteiger charge is 2.05. The maximum Gasteiger partial charge on any atom is 0.315 e. The molecule has 134 valence electrons. The van der Waals surface area contributed by atoms with E-state index in [1.165, 1.54) is 17.7 Å². The smallest absolute Gasteiger partial charge is 0.315 e. The van der Waals surface area contributed by atoms with E-state index in [2.05, 4.69) is 15.7 Å². The maximum atomic E-state index is 13.3. The van der Waals surface area contributed by atoms with Crippen molar-refractivity contribution in [2.45, 2.75) is 26.6 Å². The van der Waals surface area contributed by atoms with Crippen LogP contribution in [0.2, 0.25) is 0 Å². The minimum absolute atomic E-state index is 0.280. The Bertz CT molecular complexity index is 877. The monoisotopic (exact) mass is 352 g/mol. The zero-order valence-corrected chi connectivity index (χ0v) is 14.6. The van der Waals surface area contributed by atoms with Crippen molar-refractivity contribution in [1.82, 2.24) is 20.4 Å². The summed E-state index contributed by atoms with van der Waals surface area (Å²) in [7, 11) is 0. The Morgan fingerprint density at radius 2 is 1.85 bits per heavy atom. The number of rotatable bonds is 6. The minimum atomic E-state index is -0.307. The highest BCUT2D eigenvalue weighted by Crippen LogP contribution is 2.09. The molecule has 2 amide bonds. The quantitative estimate of drug-likeness (QED) is 0.714. The molecule has 6 heteroatoms. The fraction of sp³-hybridized carbons (Fsp3) is 0.200. The number of aryl methyl sites for hydroxylation is 1. The minimum Gasteiger partial charge on any atom is -0.334 e. The summed E-state index contributed by atoms with van der Waals surface area (Å²) in [6.07, 6.45) is 3.64. The highest BCUT2D eigenvalue weighted by molar-refractivity contribution is 5.73. The van der Waals surface area contributed by atoms with Gasteiger partial charge in [-0.1, -0.05) is 36.4 Å². The first-order chi connectivity index (χ1) is 12.6. The maximum absolute atomic E-state index is 13.3. The first-order valence-corrected chi connectivity index (χ1v) is 8.42. The molecule has 0 radical (unpaired) electrons. The molecule has 0 unspecified atom stereocenters. The van der Waals surface area contributed by atoms with Crippen molar-refractivity contribution < 1.29 is 9.18 Å². The molecule has 1 aromatic heterocycles. The first kappa shape index (κ1) is 17.7. The van der Waals surface area contributed by atoms with Gasteiger partial charge in [0.15, 0.2) is 0 Å². The number of amides is 2. The third-order valence-corrected chi connectivity index (χ3v) is 4.08. The Balaban J connectivity index is 1.47. The number of halogens is 1. The Morgan fingerprint density at radius 3 is 2.65 bits per heavy atom. The van der Waals surface area contributed by atoms with Crippen LogP contribution in [0.4, 0.5) is 9.18 Å². The van der Waals surface area contributed by atoms with Gasteiger partial charge in [-0.25, -0.2) is 9.18 Å². The highest BCUT2D eigenvalue weighted by atomic mass is 19.1. The summed E-state index contributed by atoms with van der Waals surface area (Å²) in [5.74, 6) is -0.307. The van der Waals surface area contributed by atoms with Crippen LogP contribution in [-0.4, -0.2) is 15.8 Å². The average molecular weight is 352 g/mol. The summed E-state index contributed by atoms with van der Waals surface area (Å²) in [6, 6.07) is 14.3. The Labute approximate surface area is 151 Å². The van der Waals surface area contributed by atoms with E-state index in [9.17, 15) is 9.18 Å². The number of nitrogens with one attached hydrogen (secondary N) is 2. The zero-order chi connectivity index (χ0) is 18.4. The largest absolute Gasteiger partial charge is 0.334 e. The average Bonchev–Trinajstić information content (AvgIpc) is 3.09. The molecule has 0 aliphatic rings. The summed E-state index contributed by atoms with van der Waals surface area (Å²) >= 11 is 0. The number of nitrogens with zero attached hydrogens (tertiary/aromatic N) is 2. The van der Waals surface area contributed by atoms with Gasteiger partial charge in [0.25, 0.3) is 0 Å². The predicted molar refractivity (Wildman–Crippen MR) is 98.0 cm³/mol. The molecule has 26 heavy (non-hydrogen) atoms. The van der Waals surface area contributed by atoms with Gasteiger partial charge < -0.3 is 10.6 Å². The molecule has 5 nitrogen and oxygen atoms in total. The topological polar surface area (TPSA) is 59.0 Å². The molecule has 0 saturated carbocycles. The summed E-state index contributed by atoms with van der Waals surface area (Å²) in [5.41, 5.74) is 3.78. The van der Waals surface area contributed by atoms with Crippen LogP contribution in [0.15, 0.2) is 60.9 Å². The molecule has 0 spiro atoms. The second kappa shape index (κ2) is 8.29. The van der Waals surface area contributed by atoms with Crippen LogP contribution in [-0.2, 0) is 19.6 Å². The number of carbonyl (C=O) groups excluding carboxylic acids is 1. The lowest BCUT2D eigenvalue weighted by molar-refractivity contribution is 0.240. The van der Waals surface area contributed by atoms with Crippen molar-refractivity contribution in [2.24, 2.45) is 0 Å². The van der Waals surface area contributed by atoms with E-state index in [1.807, 2.05) is 48.1 Å². The van der Waals surface area contributed by atoms with E-state index >= 15 is 0 Å². The molecule has 0 aliphatic heterocycles. The molecular formula is C20H21FN4O. The molecule has 2 aromatic carbocycles. The van der Waals surface area contributed by atoms with Crippen molar-refractivity contribution in [3.8, 4) is 0 Å². The van der Waals surface area contributed by atoms with Crippen LogP contribution >= 0.6 is 0 Å².